The van der Waals surface area contributed by atoms with Crippen molar-refractivity contribution in [2.75, 3.05) is 43.8 Å². The molecule has 1 aliphatic carbocycles. The number of benzene rings is 1. The maximum Gasteiger partial charge on any atom is 0.347 e. The molecule has 2 aromatic rings. The van der Waals surface area contributed by atoms with Crippen LogP contribution in [0.15, 0.2) is 24.4 Å². The molecule has 1 saturated carbocycles. The molecule has 3 aliphatic heterocycles. The molecule has 2 unspecified atom stereocenters. The quantitative estimate of drug-likeness (QED) is 0.143. The molecule has 2 saturated heterocycles. The largest absolute Gasteiger partial charge is 0.624 e. The lowest BCUT2D eigenvalue weighted by molar-refractivity contribution is -0.825. The van der Waals surface area contributed by atoms with Crippen LogP contribution in [0.4, 0.5) is 20.2 Å². The highest BCUT2D eigenvalue weighted by Gasteiger charge is 2.50. The van der Waals surface area contributed by atoms with Crippen molar-refractivity contribution in [3.8, 4) is 0 Å². The van der Waals surface area contributed by atoms with E-state index in [0.29, 0.717) is 35.9 Å². The predicted molar refractivity (Wildman–Crippen MR) is 165 cm³/mol. The molecule has 250 valence electrons. The number of halogens is 2. The van der Waals surface area contributed by atoms with Gasteiger partial charge in [-0.2, -0.15) is 5.10 Å². The van der Waals surface area contributed by atoms with Gasteiger partial charge in [-0.05, 0) is 63.0 Å². The minimum atomic E-state index is -2.65. The maximum absolute atomic E-state index is 13.6. The third kappa shape index (κ3) is 6.80. The number of likely N-dealkylation sites (tertiary alicyclic amines) is 1. The molecule has 1 aromatic heterocycles. The van der Waals surface area contributed by atoms with Crippen molar-refractivity contribution in [3.63, 3.8) is 0 Å². The summed E-state index contributed by atoms with van der Waals surface area (Å²) in [7, 11) is 0. The molecule has 46 heavy (non-hydrogen) atoms. The zero-order valence-corrected chi connectivity index (χ0v) is 26.0. The van der Waals surface area contributed by atoms with Crippen molar-refractivity contribution >= 4 is 29.1 Å². The highest BCUT2D eigenvalue weighted by Crippen LogP contribution is 2.38. The molecule has 3 amide bonds. The van der Waals surface area contributed by atoms with Crippen molar-refractivity contribution in [2.45, 2.75) is 88.9 Å². The second kappa shape index (κ2) is 13.7. The minimum Gasteiger partial charge on any atom is -0.624 e. The van der Waals surface area contributed by atoms with E-state index < -0.39 is 34.8 Å². The van der Waals surface area contributed by atoms with Gasteiger partial charge in [-0.3, -0.25) is 24.2 Å². The van der Waals surface area contributed by atoms with E-state index in [1.165, 1.54) is 0 Å². The molecule has 14 heteroatoms. The Morgan fingerprint density at radius 3 is 2.57 bits per heavy atom. The second-order valence-electron chi connectivity index (χ2n) is 13.1. The number of nitrogen functional groups attached to an aromatic ring is 1. The predicted octanol–water partition coefficient (Wildman–Crippen LogP) is 3.89. The Balaban J connectivity index is 0.886. The van der Waals surface area contributed by atoms with E-state index in [1.54, 1.807) is 23.0 Å². The van der Waals surface area contributed by atoms with Gasteiger partial charge in [0.15, 0.2) is 11.7 Å². The molecule has 6 rings (SSSR count). The highest BCUT2D eigenvalue weighted by atomic mass is 19.3. The Morgan fingerprint density at radius 2 is 1.87 bits per heavy atom. The maximum atomic E-state index is 13.6. The van der Waals surface area contributed by atoms with Crippen LogP contribution in [-0.4, -0.2) is 82.0 Å². The molecular weight excluding hydrogens is 600 g/mol. The summed E-state index contributed by atoms with van der Waals surface area (Å²) in [5, 5.41) is 23.2. The van der Waals surface area contributed by atoms with Crippen LogP contribution < -0.4 is 16.4 Å². The number of anilines is 2. The number of alkyl halides is 2. The van der Waals surface area contributed by atoms with Gasteiger partial charge in [0.25, 0.3) is 12.3 Å². The molecule has 4 aliphatic rings. The number of aromatic nitrogens is 2. The summed E-state index contributed by atoms with van der Waals surface area (Å²) in [6, 6.07) is 4.20. The van der Waals surface area contributed by atoms with Gasteiger partial charge in [-0.15, -0.1) is 0 Å². The summed E-state index contributed by atoms with van der Waals surface area (Å²) < 4.78 is 32.6. The fourth-order valence-electron chi connectivity index (χ4n) is 7.50. The van der Waals surface area contributed by atoms with Crippen molar-refractivity contribution < 1.29 is 32.5 Å². The number of carbonyl (C=O) groups excluding carboxylic acids is 3. The number of nitrogens with one attached hydrogen (secondary N) is 2. The number of ether oxygens (including phenoxy) is 1. The van der Waals surface area contributed by atoms with Gasteiger partial charge in [-0.25, -0.2) is 13.6 Å². The number of hydrogen-bond donors (Lipinski definition) is 3. The number of hydrogen-bond acceptors (Lipinski definition) is 9. The van der Waals surface area contributed by atoms with Crippen LogP contribution in [0.2, 0.25) is 0 Å². The Hall–Kier alpha value is -3.46. The van der Waals surface area contributed by atoms with Gasteiger partial charge in [0.1, 0.15) is 6.54 Å². The van der Waals surface area contributed by atoms with Crippen LogP contribution in [-0.2, 0) is 20.9 Å². The molecule has 3 fully saturated rings. The topological polar surface area (TPSA) is 155 Å². The van der Waals surface area contributed by atoms with E-state index in [2.05, 4.69) is 20.6 Å². The molecule has 0 bridgehead atoms. The highest BCUT2D eigenvalue weighted by molar-refractivity contribution is 6.02. The first kappa shape index (κ1) is 32.5. The monoisotopic (exact) mass is 643 g/mol. The van der Waals surface area contributed by atoms with E-state index >= 15 is 0 Å². The standard InChI is InChI=1S/C32H43F2N7O5/c33-30(34)29-25(35)18-40(38-29)21-7-5-20(6-8-21)17-39-14-11-22(12-15-39)46-16-2-13-36-26-4-1-3-23-24(26)19-41(45,32(23)44)27-9-10-28(42)37-31(27)43/h1,3-4,18,20-22,27,30,36H,2,5-17,19,35H2,(H,37,42,43). The molecule has 1 aromatic carbocycles. The summed E-state index contributed by atoms with van der Waals surface area (Å²) in [6.45, 7) is 4.09. The van der Waals surface area contributed by atoms with Crippen LogP contribution in [0.25, 0.3) is 0 Å². The number of quaternary nitrogens is 1. The van der Waals surface area contributed by atoms with Crippen LogP contribution in [0, 0.1) is 11.1 Å². The zero-order chi connectivity index (χ0) is 32.4. The van der Waals surface area contributed by atoms with Crippen LogP contribution in [0.5, 0.6) is 0 Å². The normalized spacial score (nSPS) is 27.7. The summed E-state index contributed by atoms with van der Waals surface area (Å²) in [4.78, 5) is 39.5. The number of nitrogens with two attached hydrogens (primary N) is 1. The number of nitrogens with zero attached hydrogens (tertiary/aromatic N) is 4. The van der Waals surface area contributed by atoms with Gasteiger partial charge in [0.2, 0.25) is 5.91 Å². The van der Waals surface area contributed by atoms with E-state index in [-0.39, 0.29) is 42.9 Å². The first-order valence-electron chi connectivity index (χ1n) is 16.4. The summed E-state index contributed by atoms with van der Waals surface area (Å²) in [6.07, 6.45) is 5.85. The molecule has 4 N–H and O–H groups in total. The lowest BCUT2D eigenvalue weighted by Crippen LogP contribution is -2.60. The zero-order valence-electron chi connectivity index (χ0n) is 26.0. The molecule has 4 heterocycles. The Kier molecular flexibility index (Phi) is 9.69. The Morgan fingerprint density at radius 1 is 1.11 bits per heavy atom. The molecule has 0 radical (unpaired) electrons. The van der Waals surface area contributed by atoms with E-state index in [9.17, 15) is 28.4 Å². The van der Waals surface area contributed by atoms with Gasteiger partial charge in [0, 0.05) is 63.1 Å². The lowest BCUT2D eigenvalue weighted by atomic mass is 9.85. The number of amides is 3. The third-order valence-electron chi connectivity index (χ3n) is 10.1. The van der Waals surface area contributed by atoms with E-state index in [4.69, 9.17) is 10.5 Å². The van der Waals surface area contributed by atoms with Crippen molar-refractivity contribution in [3.05, 3.63) is 46.4 Å². The summed E-state index contributed by atoms with van der Waals surface area (Å²) >= 11 is 0. The Bertz CT molecular complexity index is 1440. The van der Waals surface area contributed by atoms with Crippen molar-refractivity contribution in [1.82, 2.24) is 20.0 Å². The first-order chi connectivity index (χ1) is 22.1. The third-order valence-corrected chi connectivity index (χ3v) is 10.1. The van der Waals surface area contributed by atoms with Crippen LogP contribution in [0.1, 0.15) is 91.9 Å². The SMILES string of the molecule is Nc1cn(C2CCC(CN3CCC(OCCCNc4cccc5c4C[N+]([O-])(C4CCC(=O)NC4=O)C5=O)CC3)CC2)nc1C(F)F. The molecule has 12 nitrogen and oxygen atoms in total. The first-order valence-corrected chi connectivity index (χ1v) is 16.4. The average Bonchev–Trinajstić information content (AvgIpc) is 3.55. The summed E-state index contributed by atoms with van der Waals surface area (Å²) in [5.41, 5.74) is 7.11. The number of piperidine rings is 2. The van der Waals surface area contributed by atoms with Gasteiger partial charge < -0.3 is 25.9 Å². The smallest absolute Gasteiger partial charge is 0.347 e. The van der Waals surface area contributed by atoms with E-state index in [0.717, 1.165) is 64.6 Å². The molecule has 0 spiro atoms. The fraction of sp³-hybridized carbons (Fsp3) is 0.625. The minimum absolute atomic E-state index is 0.0483. The van der Waals surface area contributed by atoms with Gasteiger partial charge in [0.05, 0.1) is 23.4 Å². The number of fused-ring (bicyclic) bond motifs is 1. The number of rotatable bonds is 11. The van der Waals surface area contributed by atoms with Gasteiger partial charge >= 0.3 is 5.91 Å². The number of carbonyl (C=O) groups is 3. The summed E-state index contributed by atoms with van der Waals surface area (Å²) in [5.74, 6) is -1.15. The van der Waals surface area contributed by atoms with Crippen molar-refractivity contribution in [2.24, 2.45) is 5.92 Å². The lowest BCUT2D eigenvalue weighted by Gasteiger charge is -2.42. The number of imide groups is 1. The fourth-order valence-corrected chi connectivity index (χ4v) is 7.50. The second-order valence-corrected chi connectivity index (χ2v) is 13.1. The van der Waals surface area contributed by atoms with Gasteiger partial charge in [-0.1, -0.05) is 6.07 Å². The van der Waals surface area contributed by atoms with Crippen LogP contribution in [0.3, 0.4) is 0 Å². The van der Waals surface area contributed by atoms with Crippen molar-refractivity contribution in [1.29, 1.82) is 0 Å². The Labute approximate surface area is 266 Å². The number of hydroxylamine groups is 3. The molecule has 2 atom stereocenters. The van der Waals surface area contributed by atoms with E-state index in [1.807, 2.05) is 6.07 Å². The molecular formula is C32H43F2N7O5. The van der Waals surface area contributed by atoms with Crippen LogP contribution >= 0.6 is 0 Å². The average molecular weight is 644 g/mol.